The van der Waals surface area contributed by atoms with Crippen molar-refractivity contribution in [3.8, 4) is 0 Å². The molecule has 2 aromatic rings. The van der Waals surface area contributed by atoms with Gasteiger partial charge in [-0.2, -0.15) is 13.2 Å². The molecular weight excluding hydrogens is 265 g/mol. The van der Waals surface area contributed by atoms with Gasteiger partial charge in [0.05, 0.1) is 5.52 Å². The number of nitrogens with one attached hydrogen (secondary N) is 1. The fourth-order valence-corrected chi connectivity index (χ4v) is 2.43. The van der Waals surface area contributed by atoms with Gasteiger partial charge in [0.15, 0.2) is 0 Å². The van der Waals surface area contributed by atoms with Crippen molar-refractivity contribution >= 4 is 16.6 Å². The molecule has 0 aliphatic heterocycles. The lowest BCUT2D eigenvalue weighted by Crippen LogP contribution is -2.14. The number of benzene rings is 1. The van der Waals surface area contributed by atoms with Crippen molar-refractivity contribution in [2.24, 2.45) is 0 Å². The zero-order valence-corrected chi connectivity index (χ0v) is 11.9. The summed E-state index contributed by atoms with van der Waals surface area (Å²) in [5, 5.41) is 3.83. The summed E-state index contributed by atoms with van der Waals surface area (Å²) < 4.78 is 39.4. The standard InChI is InChI=1S/C15H17F3N2/c1-5-19-13-10(4)14(15(16,17)18)20-12-9(3)7-6-8(2)11(12)13/h6-7H,5H2,1-4H3,(H,19,20). The molecule has 0 fully saturated rings. The Morgan fingerprint density at radius 3 is 2.25 bits per heavy atom. The second kappa shape index (κ2) is 4.96. The van der Waals surface area contributed by atoms with Gasteiger partial charge in [-0.3, -0.25) is 0 Å². The monoisotopic (exact) mass is 282 g/mol. The first-order valence-electron chi connectivity index (χ1n) is 6.49. The highest BCUT2D eigenvalue weighted by Crippen LogP contribution is 2.38. The SMILES string of the molecule is CCNc1c(C)c(C(F)(F)F)nc2c(C)ccc(C)c12. The molecule has 0 amide bonds. The van der Waals surface area contributed by atoms with Crippen LogP contribution in [0.15, 0.2) is 12.1 Å². The normalized spacial score (nSPS) is 11.9. The highest BCUT2D eigenvalue weighted by molar-refractivity contribution is 5.97. The highest BCUT2D eigenvalue weighted by atomic mass is 19.4. The molecule has 0 unspecified atom stereocenters. The van der Waals surface area contributed by atoms with Gasteiger partial charge in [-0.05, 0) is 38.8 Å². The topological polar surface area (TPSA) is 24.9 Å². The first kappa shape index (κ1) is 14.6. The minimum atomic E-state index is -4.45. The first-order chi connectivity index (χ1) is 9.27. The lowest BCUT2D eigenvalue weighted by atomic mass is 9.99. The third-order valence-corrected chi connectivity index (χ3v) is 3.41. The van der Waals surface area contributed by atoms with Gasteiger partial charge in [0.1, 0.15) is 5.69 Å². The molecule has 1 aromatic carbocycles. The summed E-state index contributed by atoms with van der Waals surface area (Å²) in [4.78, 5) is 3.88. The zero-order chi connectivity index (χ0) is 15.1. The molecule has 108 valence electrons. The number of aromatic nitrogens is 1. The Hall–Kier alpha value is -1.78. The number of hydrogen-bond donors (Lipinski definition) is 1. The van der Waals surface area contributed by atoms with E-state index in [0.717, 1.165) is 16.5 Å². The van der Waals surface area contributed by atoms with Crippen molar-refractivity contribution in [1.29, 1.82) is 0 Å². The summed E-state index contributed by atoms with van der Waals surface area (Å²) in [6.07, 6.45) is -4.45. The number of nitrogens with zero attached hydrogens (tertiary/aromatic N) is 1. The van der Waals surface area contributed by atoms with Crippen LogP contribution in [0.5, 0.6) is 0 Å². The Balaban J connectivity index is 2.95. The fraction of sp³-hybridized carbons (Fsp3) is 0.400. The number of hydrogen-bond acceptors (Lipinski definition) is 2. The van der Waals surface area contributed by atoms with Gasteiger partial charge in [-0.25, -0.2) is 4.98 Å². The Morgan fingerprint density at radius 2 is 1.70 bits per heavy atom. The maximum Gasteiger partial charge on any atom is 0.433 e. The predicted octanol–water partition coefficient (Wildman–Crippen LogP) is 4.61. The second-order valence-corrected chi connectivity index (χ2v) is 4.91. The van der Waals surface area contributed by atoms with E-state index in [1.54, 1.807) is 13.0 Å². The van der Waals surface area contributed by atoms with Crippen LogP contribution in [0.3, 0.4) is 0 Å². The first-order valence-corrected chi connectivity index (χ1v) is 6.49. The molecule has 1 N–H and O–H groups in total. The van der Waals surface area contributed by atoms with E-state index in [9.17, 15) is 13.2 Å². The Morgan fingerprint density at radius 1 is 1.10 bits per heavy atom. The van der Waals surface area contributed by atoms with E-state index in [2.05, 4.69) is 10.3 Å². The maximum atomic E-state index is 13.1. The minimum Gasteiger partial charge on any atom is -0.384 e. The molecule has 20 heavy (non-hydrogen) atoms. The molecule has 0 saturated heterocycles. The van der Waals surface area contributed by atoms with E-state index in [-0.39, 0.29) is 5.56 Å². The molecule has 0 aliphatic carbocycles. The molecule has 0 spiro atoms. The molecule has 2 nitrogen and oxygen atoms in total. The van der Waals surface area contributed by atoms with Gasteiger partial charge in [0.2, 0.25) is 0 Å². The number of aryl methyl sites for hydroxylation is 2. The zero-order valence-electron chi connectivity index (χ0n) is 11.9. The number of halogens is 3. The van der Waals surface area contributed by atoms with Crippen LogP contribution in [0, 0.1) is 20.8 Å². The molecule has 1 aromatic heterocycles. The summed E-state index contributed by atoms with van der Waals surface area (Å²) in [6.45, 7) is 7.56. The van der Waals surface area contributed by atoms with Crippen LogP contribution >= 0.6 is 0 Å². The molecule has 0 atom stereocenters. The number of fused-ring (bicyclic) bond motifs is 1. The van der Waals surface area contributed by atoms with Gasteiger partial charge in [-0.1, -0.05) is 12.1 Å². The molecule has 0 saturated carbocycles. The Kier molecular flexibility index (Phi) is 3.63. The number of anilines is 1. The average Bonchev–Trinajstić information content (AvgIpc) is 2.35. The van der Waals surface area contributed by atoms with Crippen molar-refractivity contribution in [1.82, 2.24) is 4.98 Å². The largest absolute Gasteiger partial charge is 0.433 e. The van der Waals surface area contributed by atoms with Crippen LogP contribution in [0.25, 0.3) is 10.9 Å². The highest BCUT2D eigenvalue weighted by Gasteiger charge is 2.36. The summed E-state index contributed by atoms with van der Waals surface area (Å²) in [5.41, 5.74) is 1.96. The third kappa shape index (κ3) is 2.32. The van der Waals surface area contributed by atoms with Crippen LogP contribution in [0.2, 0.25) is 0 Å². The third-order valence-electron chi connectivity index (χ3n) is 3.41. The van der Waals surface area contributed by atoms with Crippen molar-refractivity contribution in [3.63, 3.8) is 0 Å². The predicted molar refractivity (Wildman–Crippen MR) is 75.1 cm³/mol. The summed E-state index contributed by atoms with van der Waals surface area (Å²) in [6, 6.07) is 3.71. The quantitative estimate of drug-likeness (QED) is 0.870. The van der Waals surface area contributed by atoms with Gasteiger partial charge in [0.25, 0.3) is 0 Å². The van der Waals surface area contributed by atoms with E-state index < -0.39 is 11.9 Å². The van der Waals surface area contributed by atoms with E-state index in [1.807, 2.05) is 19.9 Å². The van der Waals surface area contributed by atoms with E-state index in [0.29, 0.717) is 17.7 Å². The average molecular weight is 282 g/mol. The molecule has 0 aliphatic rings. The van der Waals surface area contributed by atoms with Crippen molar-refractivity contribution < 1.29 is 13.2 Å². The Bertz CT molecular complexity index is 660. The smallest absolute Gasteiger partial charge is 0.384 e. The van der Waals surface area contributed by atoms with E-state index >= 15 is 0 Å². The van der Waals surface area contributed by atoms with Crippen LogP contribution in [0.4, 0.5) is 18.9 Å². The van der Waals surface area contributed by atoms with Crippen molar-refractivity contribution in [2.45, 2.75) is 33.9 Å². The number of alkyl halides is 3. The molecular formula is C15H17F3N2. The van der Waals surface area contributed by atoms with E-state index in [4.69, 9.17) is 0 Å². The van der Waals surface area contributed by atoms with Gasteiger partial charge in [-0.15, -0.1) is 0 Å². The molecule has 5 heteroatoms. The van der Waals surface area contributed by atoms with E-state index in [1.165, 1.54) is 6.92 Å². The van der Waals surface area contributed by atoms with Gasteiger partial charge in [0, 0.05) is 23.2 Å². The van der Waals surface area contributed by atoms with Gasteiger partial charge < -0.3 is 5.32 Å². The molecule has 2 rings (SSSR count). The number of pyridine rings is 1. The number of rotatable bonds is 2. The van der Waals surface area contributed by atoms with Crippen LogP contribution < -0.4 is 5.32 Å². The van der Waals surface area contributed by atoms with Gasteiger partial charge >= 0.3 is 6.18 Å². The van der Waals surface area contributed by atoms with Crippen molar-refractivity contribution in [3.05, 3.63) is 34.5 Å². The summed E-state index contributed by atoms with van der Waals surface area (Å²) >= 11 is 0. The summed E-state index contributed by atoms with van der Waals surface area (Å²) in [5.74, 6) is 0. The Labute approximate surface area is 116 Å². The van der Waals surface area contributed by atoms with Crippen molar-refractivity contribution in [2.75, 3.05) is 11.9 Å². The van der Waals surface area contributed by atoms with Crippen LogP contribution in [0.1, 0.15) is 29.3 Å². The summed E-state index contributed by atoms with van der Waals surface area (Å²) in [7, 11) is 0. The molecule has 1 heterocycles. The minimum absolute atomic E-state index is 0.153. The molecule has 0 radical (unpaired) electrons. The lowest BCUT2D eigenvalue weighted by Gasteiger charge is -2.19. The van der Waals surface area contributed by atoms with Crippen LogP contribution in [-0.2, 0) is 6.18 Å². The second-order valence-electron chi connectivity index (χ2n) is 4.91. The fourth-order valence-electron chi connectivity index (χ4n) is 2.43. The maximum absolute atomic E-state index is 13.1. The van der Waals surface area contributed by atoms with Crippen LogP contribution in [-0.4, -0.2) is 11.5 Å². The molecule has 0 bridgehead atoms. The lowest BCUT2D eigenvalue weighted by molar-refractivity contribution is -0.141.